The molecule has 0 aliphatic rings. The zero-order valence-corrected chi connectivity index (χ0v) is 18.7. The van der Waals surface area contributed by atoms with Crippen LogP contribution in [0.3, 0.4) is 0 Å². The minimum Gasteiger partial charge on any atom is -0.341 e. The van der Waals surface area contributed by atoms with Crippen molar-refractivity contribution in [3.05, 3.63) is 76.4 Å². The van der Waals surface area contributed by atoms with Crippen LogP contribution in [0.1, 0.15) is 51.7 Å². The van der Waals surface area contributed by atoms with E-state index in [0.717, 1.165) is 28.3 Å². The van der Waals surface area contributed by atoms with Crippen LogP contribution < -0.4 is 0 Å². The van der Waals surface area contributed by atoms with Gasteiger partial charge in [-0.2, -0.15) is 0 Å². The fourth-order valence-corrected chi connectivity index (χ4v) is 4.91. The molecule has 0 N–H and O–H groups in total. The Balaban J connectivity index is 1.56. The van der Waals surface area contributed by atoms with Gasteiger partial charge in [-0.25, -0.2) is 4.98 Å². The van der Waals surface area contributed by atoms with Crippen LogP contribution in [0.15, 0.2) is 47.6 Å². The van der Waals surface area contributed by atoms with E-state index < -0.39 is 0 Å². The Kier molecular flexibility index (Phi) is 5.47. The molecule has 0 aliphatic heterocycles. The third-order valence-electron chi connectivity index (χ3n) is 5.45. The number of thioether (sulfide) groups is 1. The Labute approximate surface area is 180 Å². The quantitative estimate of drug-likeness (QED) is 0.333. The highest BCUT2D eigenvalue weighted by Crippen LogP contribution is 2.27. The summed E-state index contributed by atoms with van der Waals surface area (Å²) in [7, 11) is 0. The predicted molar refractivity (Wildman–Crippen MR) is 119 cm³/mol. The first-order chi connectivity index (χ1) is 14.4. The van der Waals surface area contributed by atoms with Crippen LogP contribution in [0.25, 0.3) is 5.78 Å². The summed E-state index contributed by atoms with van der Waals surface area (Å²) >= 11 is 1.40. The van der Waals surface area contributed by atoms with Gasteiger partial charge in [-0.05, 0) is 52.3 Å². The number of hydrogen-bond donors (Lipinski definition) is 0. The molecule has 0 radical (unpaired) electrons. The van der Waals surface area contributed by atoms with E-state index in [4.69, 9.17) is 0 Å². The van der Waals surface area contributed by atoms with E-state index in [1.807, 2.05) is 55.5 Å². The van der Waals surface area contributed by atoms with Crippen LogP contribution in [0.4, 0.5) is 0 Å². The van der Waals surface area contributed by atoms with Crippen molar-refractivity contribution in [1.82, 2.24) is 24.1 Å². The molecule has 6 nitrogen and oxygen atoms in total. The lowest BCUT2D eigenvalue weighted by Gasteiger charge is -2.19. The number of aromatic nitrogens is 5. The average molecular weight is 420 g/mol. The minimum absolute atomic E-state index is 0.0917. The van der Waals surface area contributed by atoms with Gasteiger partial charge in [-0.1, -0.05) is 42.1 Å². The fraction of sp³-hybridized carbons (Fsp3) is 0.304. The van der Waals surface area contributed by atoms with Gasteiger partial charge in [0.2, 0.25) is 0 Å². The molecule has 0 aliphatic carbocycles. The van der Waals surface area contributed by atoms with E-state index >= 15 is 0 Å². The molecule has 154 valence electrons. The summed E-state index contributed by atoms with van der Waals surface area (Å²) in [4.78, 5) is 17.5. The van der Waals surface area contributed by atoms with E-state index in [0.29, 0.717) is 16.7 Å². The van der Waals surface area contributed by atoms with Gasteiger partial charge < -0.3 is 4.57 Å². The zero-order valence-electron chi connectivity index (χ0n) is 17.9. The van der Waals surface area contributed by atoms with Gasteiger partial charge in [-0.15, -0.1) is 10.2 Å². The normalized spacial score (nSPS) is 12.4. The number of fused-ring (bicyclic) bond motifs is 1. The Morgan fingerprint density at radius 3 is 2.50 bits per heavy atom. The molecule has 3 heterocycles. The molecule has 0 amide bonds. The van der Waals surface area contributed by atoms with Crippen molar-refractivity contribution >= 4 is 23.3 Å². The van der Waals surface area contributed by atoms with Crippen LogP contribution in [0.2, 0.25) is 0 Å². The smallest absolute Gasteiger partial charge is 0.256 e. The number of hydrogen-bond acceptors (Lipinski definition) is 5. The van der Waals surface area contributed by atoms with Crippen molar-refractivity contribution in [2.45, 2.75) is 45.8 Å². The molecule has 0 saturated carbocycles. The van der Waals surface area contributed by atoms with Gasteiger partial charge in [0.05, 0.1) is 11.8 Å². The van der Waals surface area contributed by atoms with Crippen molar-refractivity contribution in [1.29, 1.82) is 0 Å². The summed E-state index contributed by atoms with van der Waals surface area (Å²) in [5.74, 6) is 0.962. The summed E-state index contributed by atoms with van der Waals surface area (Å²) in [6, 6.07) is 14.5. The van der Waals surface area contributed by atoms with E-state index in [1.54, 1.807) is 0 Å². The van der Waals surface area contributed by atoms with E-state index in [1.165, 1.54) is 17.3 Å². The lowest BCUT2D eigenvalue weighted by Crippen LogP contribution is -2.12. The molecule has 4 rings (SSSR count). The Bertz CT molecular complexity index is 1230. The molecule has 1 aromatic carbocycles. The highest BCUT2D eigenvalue weighted by Gasteiger charge is 2.20. The van der Waals surface area contributed by atoms with Crippen LogP contribution in [-0.4, -0.2) is 35.7 Å². The lowest BCUT2D eigenvalue weighted by molar-refractivity contribution is 0.102. The SMILES string of the molecule is Cc1cc(C)n2c(SCC(=O)c3cc(C)n([C@H](C)c4ccccc4)c3C)nnc2n1. The molecular weight excluding hydrogens is 394 g/mol. The Hall–Kier alpha value is -2.93. The van der Waals surface area contributed by atoms with Crippen LogP contribution in [-0.2, 0) is 0 Å². The topological polar surface area (TPSA) is 65.1 Å². The fourth-order valence-electron chi connectivity index (χ4n) is 4.04. The van der Waals surface area contributed by atoms with Gasteiger partial charge in [0.15, 0.2) is 10.9 Å². The maximum atomic E-state index is 13.1. The van der Waals surface area contributed by atoms with Crippen molar-refractivity contribution < 1.29 is 4.79 Å². The van der Waals surface area contributed by atoms with Crippen LogP contribution in [0, 0.1) is 27.7 Å². The second kappa shape index (κ2) is 8.07. The average Bonchev–Trinajstić information content (AvgIpc) is 3.26. The summed E-state index contributed by atoms with van der Waals surface area (Å²) in [5.41, 5.74) is 5.98. The highest BCUT2D eigenvalue weighted by molar-refractivity contribution is 7.99. The number of rotatable bonds is 6. The zero-order chi connectivity index (χ0) is 21.4. The Morgan fingerprint density at radius 2 is 1.77 bits per heavy atom. The van der Waals surface area contributed by atoms with Gasteiger partial charge in [-0.3, -0.25) is 9.20 Å². The van der Waals surface area contributed by atoms with Gasteiger partial charge >= 0.3 is 0 Å². The van der Waals surface area contributed by atoms with Gasteiger partial charge in [0.25, 0.3) is 5.78 Å². The number of Topliss-reactive ketones (excluding diaryl/α,β-unsaturated/α-hetero) is 1. The number of aryl methyl sites for hydroxylation is 3. The molecule has 4 aromatic rings. The number of carbonyl (C=O) groups is 1. The molecular formula is C23H25N5OS. The largest absolute Gasteiger partial charge is 0.341 e. The standard InChI is InChI=1S/C23H25N5OS/c1-14-11-15(2)28-22(24-14)25-26-23(28)30-13-21(29)20-12-16(3)27(18(20)5)17(4)19-9-7-6-8-10-19/h6-12,17H,13H2,1-5H3/t17-/m1/s1. The molecule has 1 atom stereocenters. The Morgan fingerprint density at radius 1 is 1.03 bits per heavy atom. The summed E-state index contributed by atoms with van der Waals surface area (Å²) in [6.07, 6.45) is 0. The second-order valence-electron chi connectivity index (χ2n) is 7.61. The van der Waals surface area contributed by atoms with Gasteiger partial charge in [0.1, 0.15) is 0 Å². The first-order valence-electron chi connectivity index (χ1n) is 9.95. The molecule has 0 fully saturated rings. The van der Waals surface area contributed by atoms with E-state index in [2.05, 4.69) is 45.7 Å². The molecule has 0 spiro atoms. The van der Waals surface area contributed by atoms with Crippen molar-refractivity contribution in [3.8, 4) is 0 Å². The van der Waals surface area contributed by atoms with Crippen LogP contribution in [0.5, 0.6) is 0 Å². The van der Waals surface area contributed by atoms with Crippen molar-refractivity contribution in [2.24, 2.45) is 0 Å². The third-order valence-corrected chi connectivity index (χ3v) is 6.38. The molecule has 3 aromatic heterocycles. The number of ketones is 1. The summed E-state index contributed by atoms with van der Waals surface area (Å²) in [6.45, 7) is 10.2. The lowest BCUT2D eigenvalue weighted by atomic mass is 10.1. The monoisotopic (exact) mass is 419 g/mol. The molecule has 0 unspecified atom stereocenters. The summed E-state index contributed by atoms with van der Waals surface area (Å²) in [5, 5.41) is 9.07. The summed E-state index contributed by atoms with van der Waals surface area (Å²) < 4.78 is 4.13. The van der Waals surface area contributed by atoms with E-state index in [9.17, 15) is 4.79 Å². The van der Waals surface area contributed by atoms with Crippen molar-refractivity contribution in [3.63, 3.8) is 0 Å². The minimum atomic E-state index is 0.0917. The molecule has 30 heavy (non-hydrogen) atoms. The maximum Gasteiger partial charge on any atom is 0.256 e. The number of nitrogens with zero attached hydrogens (tertiary/aromatic N) is 5. The second-order valence-corrected chi connectivity index (χ2v) is 8.55. The first kappa shape index (κ1) is 20.3. The van der Waals surface area contributed by atoms with E-state index in [-0.39, 0.29) is 11.8 Å². The predicted octanol–water partition coefficient (Wildman–Crippen LogP) is 4.74. The molecule has 0 saturated heterocycles. The molecule has 0 bridgehead atoms. The van der Waals surface area contributed by atoms with Crippen LogP contribution >= 0.6 is 11.8 Å². The van der Waals surface area contributed by atoms with Crippen molar-refractivity contribution in [2.75, 3.05) is 5.75 Å². The number of carbonyl (C=O) groups excluding carboxylic acids is 1. The highest BCUT2D eigenvalue weighted by atomic mass is 32.2. The maximum absolute atomic E-state index is 13.1. The van der Waals surface area contributed by atoms with Gasteiger partial charge in [0, 0.05) is 28.3 Å². The first-order valence-corrected chi connectivity index (χ1v) is 10.9. The molecule has 7 heteroatoms. The third kappa shape index (κ3) is 3.65. The number of benzene rings is 1.